The highest BCUT2D eigenvalue weighted by Gasteiger charge is 2.00. The maximum Gasteiger partial charge on any atom is 0.159 e. The van der Waals surface area contributed by atoms with E-state index in [1.54, 1.807) is 30.5 Å². The number of benzene rings is 2. The van der Waals surface area contributed by atoms with E-state index in [-0.39, 0.29) is 11.5 Å². The molecule has 0 amide bonds. The third-order valence-corrected chi connectivity index (χ3v) is 3.10. The predicted molar refractivity (Wildman–Crippen MR) is 79.5 cm³/mol. The normalized spacial score (nSPS) is 10.8. The number of Topliss-reactive ketones (excluding diaryl/α,β-unsaturated/α-hetero) is 1. The molecule has 0 atom stereocenters. The summed E-state index contributed by atoms with van der Waals surface area (Å²) in [4.78, 5) is 15.4. The first-order valence-corrected chi connectivity index (χ1v) is 6.49. The van der Waals surface area contributed by atoms with Gasteiger partial charge in [0.1, 0.15) is 11.4 Å². The lowest BCUT2D eigenvalue weighted by molar-refractivity contribution is 0.101. The van der Waals surface area contributed by atoms with E-state index < -0.39 is 0 Å². The van der Waals surface area contributed by atoms with Crippen LogP contribution in [0.4, 0.5) is 5.69 Å². The highest BCUT2D eigenvalue weighted by Crippen LogP contribution is 2.29. The lowest BCUT2D eigenvalue weighted by atomic mass is 10.1. The minimum absolute atomic E-state index is 0.0362. The molecule has 0 saturated carbocycles. The minimum atomic E-state index is 0.0362. The monoisotopic (exact) mass is 317 g/mol. The van der Waals surface area contributed by atoms with Crippen molar-refractivity contribution in [3.63, 3.8) is 0 Å². The van der Waals surface area contributed by atoms with Gasteiger partial charge in [0.05, 0.1) is 0 Å². The molecule has 0 aliphatic heterocycles. The fourth-order valence-electron chi connectivity index (χ4n) is 1.55. The second kappa shape index (κ2) is 5.80. The number of hydrogen-bond acceptors (Lipinski definition) is 3. The first-order valence-electron chi connectivity index (χ1n) is 5.70. The zero-order valence-electron chi connectivity index (χ0n) is 10.3. The Balaban J connectivity index is 2.20. The molecule has 2 aromatic rings. The smallest absolute Gasteiger partial charge is 0.159 e. The van der Waals surface area contributed by atoms with Crippen LogP contribution in [0.2, 0.25) is 0 Å². The van der Waals surface area contributed by atoms with Crippen LogP contribution in [-0.4, -0.2) is 17.1 Å². The van der Waals surface area contributed by atoms with Gasteiger partial charge in [-0.15, -0.1) is 0 Å². The van der Waals surface area contributed by atoms with Crippen LogP contribution in [-0.2, 0) is 0 Å². The number of nitrogens with zero attached hydrogens (tertiary/aromatic N) is 1. The van der Waals surface area contributed by atoms with Crippen LogP contribution < -0.4 is 0 Å². The Hall–Kier alpha value is -1.94. The first-order chi connectivity index (χ1) is 9.06. The number of aromatic hydroxyl groups is 1. The van der Waals surface area contributed by atoms with Crippen molar-refractivity contribution in [1.29, 1.82) is 0 Å². The van der Waals surface area contributed by atoms with Crippen molar-refractivity contribution in [3.8, 4) is 5.75 Å². The summed E-state index contributed by atoms with van der Waals surface area (Å²) in [5.41, 5.74) is 2.04. The standard InChI is InChI=1S/C15H12BrNO2/c1-10(18)12-4-2-11(3-5-12)9-17-14-7-6-13(16)8-15(14)19/h2-9,19H,1H3. The molecular weight excluding hydrogens is 306 g/mol. The van der Waals surface area contributed by atoms with E-state index in [0.717, 1.165) is 10.0 Å². The van der Waals surface area contributed by atoms with Gasteiger partial charge in [-0.2, -0.15) is 0 Å². The fraction of sp³-hybridized carbons (Fsp3) is 0.0667. The van der Waals surface area contributed by atoms with E-state index in [4.69, 9.17) is 0 Å². The summed E-state index contributed by atoms with van der Waals surface area (Å²) in [5, 5.41) is 9.70. The van der Waals surface area contributed by atoms with Crippen LogP contribution in [0.15, 0.2) is 51.9 Å². The Morgan fingerprint density at radius 2 is 1.89 bits per heavy atom. The van der Waals surface area contributed by atoms with Gasteiger partial charge in [0.2, 0.25) is 0 Å². The van der Waals surface area contributed by atoms with Gasteiger partial charge in [-0.1, -0.05) is 40.2 Å². The number of aliphatic imine (C=N–C) groups is 1. The highest BCUT2D eigenvalue weighted by molar-refractivity contribution is 9.10. The second-order valence-corrected chi connectivity index (χ2v) is 4.99. The predicted octanol–water partition coefficient (Wildman–Crippen LogP) is 4.11. The molecule has 0 spiro atoms. The third-order valence-electron chi connectivity index (χ3n) is 2.61. The lowest BCUT2D eigenvalue weighted by Crippen LogP contribution is -1.91. The van der Waals surface area contributed by atoms with E-state index in [0.29, 0.717) is 11.3 Å². The number of phenols is 1. The van der Waals surface area contributed by atoms with Crippen molar-refractivity contribution in [2.24, 2.45) is 4.99 Å². The molecule has 3 nitrogen and oxygen atoms in total. The summed E-state index contributed by atoms with van der Waals surface area (Å²) in [6, 6.07) is 12.3. The Kier molecular flexibility index (Phi) is 4.12. The summed E-state index contributed by atoms with van der Waals surface area (Å²) < 4.78 is 0.801. The van der Waals surface area contributed by atoms with E-state index in [2.05, 4.69) is 20.9 Å². The maximum absolute atomic E-state index is 11.1. The zero-order valence-corrected chi connectivity index (χ0v) is 11.9. The molecule has 1 N–H and O–H groups in total. The van der Waals surface area contributed by atoms with Gasteiger partial charge in [-0.25, -0.2) is 0 Å². The zero-order chi connectivity index (χ0) is 13.8. The van der Waals surface area contributed by atoms with Crippen LogP contribution in [0.5, 0.6) is 5.75 Å². The Labute approximate surface area is 119 Å². The van der Waals surface area contributed by atoms with Gasteiger partial charge < -0.3 is 5.11 Å². The van der Waals surface area contributed by atoms with Gasteiger partial charge in [0.15, 0.2) is 5.78 Å². The molecule has 2 rings (SSSR count). The molecule has 0 saturated heterocycles. The van der Waals surface area contributed by atoms with Crippen molar-refractivity contribution in [1.82, 2.24) is 0 Å². The van der Waals surface area contributed by atoms with Crippen LogP contribution in [0, 0.1) is 0 Å². The van der Waals surface area contributed by atoms with Crippen molar-refractivity contribution in [2.75, 3.05) is 0 Å². The Bertz CT molecular complexity index is 633. The quantitative estimate of drug-likeness (QED) is 0.684. The average molecular weight is 318 g/mol. The summed E-state index contributed by atoms with van der Waals surface area (Å²) in [7, 11) is 0. The number of rotatable bonds is 3. The summed E-state index contributed by atoms with van der Waals surface area (Å²) in [6.45, 7) is 1.53. The summed E-state index contributed by atoms with van der Waals surface area (Å²) in [6.07, 6.45) is 1.65. The Morgan fingerprint density at radius 1 is 1.21 bits per heavy atom. The molecule has 2 aromatic carbocycles. The van der Waals surface area contributed by atoms with E-state index in [9.17, 15) is 9.90 Å². The second-order valence-electron chi connectivity index (χ2n) is 4.07. The lowest BCUT2D eigenvalue weighted by Gasteiger charge is -2.00. The molecule has 0 bridgehead atoms. The molecule has 4 heteroatoms. The van der Waals surface area contributed by atoms with Crippen LogP contribution in [0.1, 0.15) is 22.8 Å². The largest absolute Gasteiger partial charge is 0.506 e. The number of halogens is 1. The molecular formula is C15H12BrNO2. The molecule has 0 fully saturated rings. The van der Waals surface area contributed by atoms with E-state index >= 15 is 0 Å². The topological polar surface area (TPSA) is 49.7 Å². The third kappa shape index (κ3) is 3.51. The van der Waals surface area contributed by atoms with Crippen molar-refractivity contribution >= 4 is 33.6 Å². The molecule has 0 radical (unpaired) electrons. The average Bonchev–Trinajstić information content (AvgIpc) is 2.38. The molecule has 0 aliphatic carbocycles. The van der Waals surface area contributed by atoms with Gasteiger partial charge in [-0.3, -0.25) is 9.79 Å². The van der Waals surface area contributed by atoms with Gasteiger partial charge in [-0.05, 0) is 30.7 Å². The van der Waals surface area contributed by atoms with Crippen molar-refractivity contribution in [3.05, 3.63) is 58.1 Å². The SMILES string of the molecule is CC(=O)c1ccc(C=Nc2ccc(Br)cc2O)cc1. The summed E-state index contributed by atoms with van der Waals surface area (Å²) in [5.74, 6) is 0.153. The number of ketones is 1. The van der Waals surface area contributed by atoms with Crippen LogP contribution in [0.25, 0.3) is 0 Å². The molecule has 0 aliphatic rings. The maximum atomic E-state index is 11.1. The van der Waals surface area contributed by atoms with Gasteiger partial charge >= 0.3 is 0 Å². The van der Waals surface area contributed by atoms with Crippen molar-refractivity contribution in [2.45, 2.75) is 6.92 Å². The van der Waals surface area contributed by atoms with E-state index in [1.807, 2.05) is 18.2 Å². The number of hydrogen-bond donors (Lipinski definition) is 1. The van der Waals surface area contributed by atoms with Gasteiger partial charge in [0.25, 0.3) is 0 Å². The highest BCUT2D eigenvalue weighted by atomic mass is 79.9. The molecule has 96 valence electrons. The van der Waals surface area contributed by atoms with Crippen LogP contribution in [0.3, 0.4) is 0 Å². The van der Waals surface area contributed by atoms with Gasteiger partial charge in [0, 0.05) is 16.3 Å². The molecule has 19 heavy (non-hydrogen) atoms. The van der Waals surface area contributed by atoms with Crippen LogP contribution >= 0.6 is 15.9 Å². The molecule has 0 heterocycles. The number of phenolic OH excluding ortho intramolecular Hbond substituents is 1. The van der Waals surface area contributed by atoms with E-state index in [1.165, 1.54) is 6.92 Å². The molecule has 0 aromatic heterocycles. The summed E-state index contributed by atoms with van der Waals surface area (Å²) >= 11 is 3.27. The first kappa shape index (κ1) is 13.5. The Morgan fingerprint density at radius 3 is 2.47 bits per heavy atom. The number of carbonyl (C=O) groups excluding carboxylic acids is 1. The van der Waals surface area contributed by atoms with Crippen molar-refractivity contribution < 1.29 is 9.90 Å². The fourth-order valence-corrected chi connectivity index (χ4v) is 1.90. The minimum Gasteiger partial charge on any atom is -0.506 e. The number of carbonyl (C=O) groups is 1. The molecule has 0 unspecified atom stereocenters.